The van der Waals surface area contributed by atoms with Crippen molar-refractivity contribution in [3.8, 4) is 0 Å². The number of aliphatic hydroxyl groups is 9. The van der Waals surface area contributed by atoms with Gasteiger partial charge in [0.05, 0.1) is 23.7 Å². The molecule has 13 atom stereocenters. The van der Waals surface area contributed by atoms with Crippen molar-refractivity contribution in [2.75, 3.05) is 31.6 Å². The van der Waals surface area contributed by atoms with Crippen molar-refractivity contribution in [3.63, 3.8) is 0 Å². The Morgan fingerprint density at radius 2 is 1.42 bits per heavy atom. The molecule has 0 spiro atoms. The molecule has 2 fully saturated rings. The van der Waals surface area contributed by atoms with Crippen molar-refractivity contribution in [1.29, 1.82) is 0 Å². The van der Waals surface area contributed by atoms with Crippen molar-refractivity contribution in [2.24, 2.45) is 0 Å². The Kier molecular flexibility index (Phi) is 16.0. The Labute approximate surface area is 261 Å². The largest absolute Gasteiger partial charge is 0.463 e. The van der Waals surface area contributed by atoms with Crippen molar-refractivity contribution >= 4 is 46.7 Å². The molecule has 252 valence electrons. The molecule has 9 N–H and O–H groups in total. The number of carbonyl (C=O) groups is 2. The van der Waals surface area contributed by atoms with Gasteiger partial charge in [0.1, 0.15) is 74.3 Å². The molecule has 2 heterocycles. The summed E-state index contributed by atoms with van der Waals surface area (Å²) in [5.41, 5.74) is 0. The van der Waals surface area contributed by atoms with Crippen LogP contribution < -0.4 is 0 Å². The normalized spacial score (nSPS) is 35.6. The van der Waals surface area contributed by atoms with Gasteiger partial charge in [0, 0.05) is 12.8 Å². The predicted octanol–water partition coefficient (Wildman–Crippen LogP) is -3.57. The van der Waals surface area contributed by atoms with E-state index in [0.717, 1.165) is 0 Å². The number of halogens is 3. The minimum Gasteiger partial charge on any atom is -0.463 e. The number of aliphatic hydroxyl groups excluding tert-OH is 9. The molecule has 0 saturated carbocycles. The molecular formula is C24H39Cl3O16. The van der Waals surface area contributed by atoms with E-state index in [4.69, 9.17) is 63.6 Å². The molecule has 2 aliphatic heterocycles. The minimum absolute atomic E-state index is 0.141. The fourth-order valence-corrected chi connectivity index (χ4v) is 5.05. The molecule has 0 bridgehead atoms. The van der Waals surface area contributed by atoms with E-state index in [9.17, 15) is 50.4 Å². The fraction of sp³-hybridized carbons (Fsp3) is 0.917. The lowest BCUT2D eigenvalue weighted by Gasteiger charge is -2.43. The molecular weight excluding hydrogens is 651 g/mol. The number of hydrogen-bond acceptors (Lipinski definition) is 16. The maximum Gasteiger partial charge on any atom is 0.305 e. The van der Waals surface area contributed by atoms with Crippen LogP contribution in [0.5, 0.6) is 0 Å². The molecule has 0 radical (unpaired) electrons. The molecule has 0 aromatic rings. The van der Waals surface area contributed by atoms with E-state index in [1.807, 2.05) is 0 Å². The van der Waals surface area contributed by atoms with Crippen molar-refractivity contribution < 1.29 is 79.2 Å². The van der Waals surface area contributed by atoms with Gasteiger partial charge in [-0.05, 0) is 12.8 Å². The van der Waals surface area contributed by atoms with Crippen LogP contribution in [0.1, 0.15) is 25.7 Å². The van der Waals surface area contributed by atoms with Gasteiger partial charge in [0.2, 0.25) is 5.79 Å². The lowest BCUT2D eigenvalue weighted by atomic mass is 10.0. The molecule has 2 aliphatic rings. The molecule has 2 rings (SSSR count). The molecule has 0 aliphatic carbocycles. The highest BCUT2D eigenvalue weighted by molar-refractivity contribution is 6.21. The second-order valence-electron chi connectivity index (χ2n) is 10.1. The number of unbranched alkanes of at least 4 members (excludes halogenated alkanes) is 1. The van der Waals surface area contributed by atoms with Gasteiger partial charge in [-0.25, -0.2) is 0 Å². The third-order valence-electron chi connectivity index (χ3n) is 6.94. The lowest BCUT2D eigenvalue weighted by Crippen LogP contribution is -2.61. The summed E-state index contributed by atoms with van der Waals surface area (Å²) in [6.45, 7) is -2.01. The minimum atomic E-state index is -2.05. The van der Waals surface area contributed by atoms with Crippen LogP contribution in [0.25, 0.3) is 0 Å². The summed E-state index contributed by atoms with van der Waals surface area (Å²) in [5.74, 6) is -4.26. The van der Waals surface area contributed by atoms with Gasteiger partial charge in [-0.2, -0.15) is 0 Å². The Bertz CT molecular complexity index is 874. The van der Waals surface area contributed by atoms with Crippen LogP contribution in [0.2, 0.25) is 0 Å². The second kappa shape index (κ2) is 17.9. The van der Waals surface area contributed by atoms with E-state index in [0.29, 0.717) is 0 Å². The number of hydrogen-bond donors (Lipinski definition) is 9. The summed E-state index contributed by atoms with van der Waals surface area (Å²) >= 11 is 17.8. The first kappa shape index (κ1) is 38.5. The van der Waals surface area contributed by atoms with Crippen LogP contribution in [0.4, 0.5) is 0 Å². The van der Waals surface area contributed by atoms with Crippen molar-refractivity contribution in [2.45, 2.75) is 104 Å². The molecule has 6 unspecified atom stereocenters. The first-order chi connectivity index (χ1) is 20.2. The van der Waals surface area contributed by atoms with Crippen LogP contribution in [-0.4, -0.2) is 168 Å². The van der Waals surface area contributed by atoms with Crippen LogP contribution in [0.15, 0.2) is 0 Å². The zero-order valence-corrected chi connectivity index (χ0v) is 25.1. The summed E-state index contributed by atoms with van der Waals surface area (Å²) in [6.07, 6.45) is -17.5. The van der Waals surface area contributed by atoms with Gasteiger partial charge in [0.25, 0.3) is 0 Å². The van der Waals surface area contributed by atoms with E-state index in [-0.39, 0.29) is 31.6 Å². The molecule has 16 nitrogen and oxygen atoms in total. The van der Waals surface area contributed by atoms with E-state index in [1.165, 1.54) is 0 Å². The zero-order valence-electron chi connectivity index (χ0n) is 22.8. The third kappa shape index (κ3) is 10.2. The van der Waals surface area contributed by atoms with E-state index >= 15 is 0 Å². The SMILES string of the molecule is O=C(CCCCC(=O)OC[C@@H](O)[C@@H](O)[C@H](O)C(O)CO)OCC1O[C@@H](OC2(CCl)OC(CCl)[C@@H](O)[C@@H]2O)C(O)[C@@H](O)C1Cl. The first-order valence-electron chi connectivity index (χ1n) is 13.4. The summed E-state index contributed by atoms with van der Waals surface area (Å²) in [4.78, 5) is 24.1. The van der Waals surface area contributed by atoms with Gasteiger partial charge >= 0.3 is 11.9 Å². The van der Waals surface area contributed by atoms with E-state index in [1.54, 1.807) is 0 Å². The predicted molar refractivity (Wildman–Crippen MR) is 144 cm³/mol. The average Bonchev–Trinajstić information content (AvgIpc) is 3.25. The number of alkyl halides is 3. The van der Waals surface area contributed by atoms with Crippen molar-refractivity contribution in [3.05, 3.63) is 0 Å². The summed E-state index contributed by atoms with van der Waals surface area (Å²) < 4.78 is 26.6. The maximum atomic E-state index is 12.2. The number of carbonyl (C=O) groups excluding carboxylic acids is 2. The van der Waals surface area contributed by atoms with Gasteiger partial charge < -0.3 is 69.6 Å². The van der Waals surface area contributed by atoms with E-state index < -0.39 is 116 Å². The standard InChI is InChI=1S/C24H39Cl3O16/c25-5-12-19(35)22(38)24(9-26,42-12)43-23-21(37)20(36)16(27)13(41-23)8-40-15(32)4-2-1-3-14(31)39-7-11(30)18(34)17(33)10(29)6-28/h10-13,16-23,28-30,33-38H,1-9H2/t10?,11-,12?,13?,16?,17-,18-,19-,20+,21?,22+,23+,24?/m1/s1. The Morgan fingerprint density at radius 3 is 1.95 bits per heavy atom. The molecule has 0 amide bonds. The molecule has 0 aromatic heterocycles. The van der Waals surface area contributed by atoms with Gasteiger partial charge in [-0.3, -0.25) is 9.59 Å². The summed E-state index contributed by atoms with van der Waals surface area (Å²) in [6, 6.07) is 0. The highest BCUT2D eigenvalue weighted by atomic mass is 35.5. The monoisotopic (exact) mass is 688 g/mol. The van der Waals surface area contributed by atoms with E-state index in [2.05, 4.69) is 0 Å². The average molecular weight is 690 g/mol. The van der Waals surface area contributed by atoms with Gasteiger partial charge in [-0.1, -0.05) is 0 Å². The maximum absolute atomic E-state index is 12.2. The van der Waals surface area contributed by atoms with Gasteiger partial charge in [-0.15, -0.1) is 34.8 Å². The Hall–Kier alpha value is -0.670. The third-order valence-corrected chi connectivity index (χ3v) is 8.16. The van der Waals surface area contributed by atoms with Crippen LogP contribution in [0.3, 0.4) is 0 Å². The second-order valence-corrected chi connectivity index (χ2v) is 11.2. The molecule has 19 heteroatoms. The van der Waals surface area contributed by atoms with Crippen LogP contribution in [0, 0.1) is 0 Å². The fourth-order valence-electron chi connectivity index (χ4n) is 4.24. The zero-order chi connectivity index (χ0) is 32.5. The number of rotatable bonds is 17. The molecule has 2 saturated heterocycles. The molecule has 43 heavy (non-hydrogen) atoms. The summed E-state index contributed by atoms with van der Waals surface area (Å²) in [5, 5.41) is 87.2. The van der Waals surface area contributed by atoms with Crippen LogP contribution in [-0.2, 0) is 33.3 Å². The smallest absolute Gasteiger partial charge is 0.305 e. The van der Waals surface area contributed by atoms with Gasteiger partial charge in [0.15, 0.2) is 6.29 Å². The summed E-state index contributed by atoms with van der Waals surface area (Å²) in [7, 11) is 0. The van der Waals surface area contributed by atoms with Crippen molar-refractivity contribution in [1.82, 2.24) is 0 Å². The quantitative estimate of drug-likeness (QED) is 0.0406. The first-order valence-corrected chi connectivity index (χ1v) is 14.9. The Balaban J connectivity index is 1.77. The van der Waals surface area contributed by atoms with Crippen LogP contribution >= 0.6 is 34.8 Å². The lowest BCUT2D eigenvalue weighted by molar-refractivity contribution is -0.357. The highest BCUT2D eigenvalue weighted by Gasteiger charge is 2.58. The number of ether oxygens (including phenoxy) is 5. The highest BCUT2D eigenvalue weighted by Crippen LogP contribution is 2.38. The Morgan fingerprint density at radius 1 is 0.837 bits per heavy atom. The number of esters is 2. The topological polar surface area (TPSA) is 262 Å². The molecule has 0 aromatic carbocycles.